The van der Waals surface area contributed by atoms with Crippen LogP contribution in [0.1, 0.15) is 6.23 Å². The van der Waals surface area contributed by atoms with Crippen LogP contribution in [0, 0.1) is 0 Å². The van der Waals surface area contributed by atoms with Crippen LogP contribution < -0.4 is 4.84 Å². The van der Waals surface area contributed by atoms with E-state index in [1.54, 1.807) is 0 Å². The van der Waals surface area contributed by atoms with Crippen molar-refractivity contribution in [3.63, 3.8) is 0 Å². The predicted molar refractivity (Wildman–Crippen MR) is 101 cm³/mol. The molecular formula is C10H15ClN5O13P3. The normalized spacial score (nSPS) is 27.8. The number of halogens is 1. The highest BCUT2D eigenvalue weighted by molar-refractivity contribution is 7.66. The van der Waals surface area contributed by atoms with Crippen LogP contribution in [0.25, 0.3) is 11.2 Å². The lowest BCUT2D eigenvalue weighted by Gasteiger charge is -2.19. The summed E-state index contributed by atoms with van der Waals surface area (Å²) in [6, 6.07) is 0. The molecule has 1 fully saturated rings. The summed E-state index contributed by atoms with van der Waals surface area (Å²) in [6.45, 7) is -0.964. The number of rotatable bonds is 9. The number of aliphatic hydroxyl groups is 2. The molecule has 0 radical (unpaired) electrons. The Bertz CT molecular complexity index is 1130. The largest absolute Gasteiger partial charge is 0.490 e. The molecule has 1 aliphatic rings. The van der Waals surface area contributed by atoms with Gasteiger partial charge in [0.2, 0.25) is 0 Å². The summed E-state index contributed by atoms with van der Waals surface area (Å²) in [4.78, 5) is 49.7. The van der Waals surface area contributed by atoms with Gasteiger partial charge in [-0.25, -0.2) is 28.6 Å². The second-order valence-corrected chi connectivity index (χ2v) is 10.7. The van der Waals surface area contributed by atoms with E-state index in [-0.39, 0.29) is 17.0 Å². The average molecular weight is 542 g/mol. The number of aliphatic hydroxyl groups excluding tert-OH is 2. The van der Waals surface area contributed by atoms with Gasteiger partial charge in [0.1, 0.15) is 24.6 Å². The molecule has 180 valence electrons. The number of fused-ring (bicyclic) bond motifs is 1. The number of aromatic nitrogens is 4. The molecule has 7 N–H and O–H groups in total. The van der Waals surface area contributed by atoms with Gasteiger partial charge in [-0.15, -0.1) is 0 Å². The Balaban J connectivity index is 1.70. The highest BCUT2D eigenvalue weighted by Gasteiger charge is 2.47. The van der Waals surface area contributed by atoms with E-state index in [1.165, 1.54) is 10.9 Å². The molecular weight excluding hydrogens is 527 g/mol. The fourth-order valence-electron chi connectivity index (χ4n) is 2.67. The van der Waals surface area contributed by atoms with Crippen molar-refractivity contribution in [2.24, 2.45) is 0 Å². The maximum Gasteiger partial charge on any atom is 0.490 e. The van der Waals surface area contributed by atoms with Crippen molar-refractivity contribution < 1.29 is 61.4 Å². The van der Waals surface area contributed by atoms with Crippen molar-refractivity contribution in [3.05, 3.63) is 12.7 Å². The van der Waals surface area contributed by atoms with Gasteiger partial charge >= 0.3 is 23.5 Å². The van der Waals surface area contributed by atoms with Gasteiger partial charge in [0.25, 0.3) is 0 Å². The number of hydrogen-bond donors (Lipinski definition) is 7. The summed E-state index contributed by atoms with van der Waals surface area (Å²) in [5, 5.41) is 20.5. The molecule has 3 rings (SSSR count). The molecule has 0 bridgehead atoms. The summed E-state index contributed by atoms with van der Waals surface area (Å²) in [5.41, 5.74) is 0.345. The van der Waals surface area contributed by atoms with Gasteiger partial charge in [0, 0.05) is 11.8 Å². The Morgan fingerprint density at radius 1 is 1.06 bits per heavy atom. The van der Waals surface area contributed by atoms with Crippen molar-refractivity contribution in [3.8, 4) is 0 Å². The molecule has 18 nitrogen and oxygen atoms in total. The van der Waals surface area contributed by atoms with Crippen LogP contribution in [-0.4, -0.2) is 74.2 Å². The molecule has 0 saturated carbocycles. The first kappa shape index (κ1) is 25.6. The zero-order valence-electron chi connectivity index (χ0n) is 15.2. The number of imidazole rings is 1. The van der Waals surface area contributed by atoms with E-state index in [2.05, 4.69) is 32.9 Å². The number of phosphoric acid groups is 3. The lowest BCUT2D eigenvalue weighted by molar-refractivity contribution is -0.0503. The van der Waals surface area contributed by atoms with Crippen LogP contribution >= 0.6 is 35.2 Å². The second kappa shape index (κ2) is 9.29. The van der Waals surface area contributed by atoms with Crippen LogP contribution in [0.5, 0.6) is 0 Å². The van der Waals surface area contributed by atoms with Crippen molar-refractivity contribution in [1.29, 1.82) is 0 Å². The van der Waals surface area contributed by atoms with Gasteiger partial charge in [0.05, 0.1) is 12.9 Å². The van der Waals surface area contributed by atoms with Gasteiger partial charge in [-0.05, 0) is 0 Å². The number of anilines is 1. The molecule has 0 aliphatic carbocycles. The van der Waals surface area contributed by atoms with E-state index < -0.39 is 54.6 Å². The van der Waals surface area contributed by atoms with E-state index in [4.69, 9.17) is 31.2 Å². The molecule has 6 atom stereocenters. The summed E-state index contributed by atoms with van der Waals surface area (Å²) in [7, 11) is -16.7. The van der Waals surface area contributed by atoms with Gasteiger partial charge in [-0.2, -0.15) is 8.62 Å². The van der Waals surface area contributed by atoms with Gasteiger partial charge < -0.3 is 34.5 Å². The average Bonchev–Trinajstić information content (AvgIpc) is 3.19. The first-order valence-corrected chi connectivity index (χ1v) is 13.0. The minimum atomic E-state index is -5.71. The third kappa shape index (κ3) is 5.88. The Morgan fingerprint density at radius 2 is 1.75 bits per heavy atom. The van der Waals surface area contributed by atoms with Crippen LogP contribution in [0.15, 0.2) is 12.7 Å². The lowest BCUT2D eigenvalue weighted by atomic mass is 10.1. The molecule has 32 heavy (non-hydrogen) atoms. The summed E-state index contributed by atoms with van der Waals surface area (Å²) in [5.74, 6) is 0.146. The summed E-state index contributed by atoms with van der Waals surface area (Å²) >= 11 is 5.54. The molecule has 22 heteroatoms. The van der Waals surface area contributed by atoms with Crippen LogP contribution in [0.4, 0.5) is 5.82 Å². The quantitative estimate of drug-likeness (QED) is 0.153. The van der Waals surface area contributed by atoms with E-state index in [0.29, 0.717) is 0 Å². The Kier molecular flexibility index (Phi) is 7.42. The molecule has 1 saturated heterocycles. The molecule has 0 spiro atoms. The topological polar surface area (TPSA) is 265 Å². The summed E-state index contributed by atoms with van der Waals surface area (Å²) in [6.07, 6.45) is -3.73. The minimum Gasteiger partial charge on any atom is -0.387 e. The molecule has 2 aromatic rings. The van der Waals surface area contributed by atoms with Crippen molar-refractivity contribution >= 4 is 52.2 Å². The highest BCUT2D eigenvalue weighted by Crippen LogP contribution is 2.66. The van der Waals surface area contributed by atoms with Crippen molar-refractivity contribution in [1.82, 2.24) is 19.5 Å². The fourth-order valence-corrected chi connectivity index (χ4v) is 5.84. The molecule has 1 aliphatic heterocycles. The van der Waals surface area contributed by atoms with E-state index >= 15 is 0 Å². The summed E-state index contributed by atoms with van der Waals surface area (Å²) < 4.78 is 52.0. The Labute approximate surface area is 182 Å². The fraction of sp³-hybridized carbons (Fsp3) is 0.500. The molecule has 0 amide bonds. The maximum absolute atomic E-state index is 11.8. The molecule has 3 heterocycles. The zero-order chi connectivity index (χ0) is 23.9. The minimum absolute atomic E-state index is 0.146. The zero-order valence-corrected chi connectivity index (χ0v) is 18.7. The number of nitrogens with zero attached hydrogens (tertiary/aromatic N) is 4. The van der Waals surface area contributed by atoms with E-state index in [0.717, 1.165) is 6.33 Å². The van der Waals surface area contributed by atoms with E-state index in [1.807, 2.05) is 0 Å². The number of phosphoric ester groups is 1. The van der Waals surface area contributed by atoms with Crippen LogP contribution in [0.2, 0.25) is 0 Å². The van der Waals surface area contributed by atoms with Gasteiger partial charge in [-0.1, -0.05) is 0 Å². The first-order chi connectivity index (χ1) is 14.7. The highest BCUT2D eigenvalue weighted by atomic mass is 35.5. The van der Waals surface area contributed by atoms with Crippen molar-refractivity contribution in [2.75, 3.05) is 11.4 Å². The second-order valence-electron chi connectivity index (χ2n) is 6.07. The van der Waals surface area contributed by atoms with Crippen molar-refractivity contribution in [2.45, 2.75) is 24.5 Å². The van der Waals surface area contributed by atoms with Crippen LogP contribution in [0.3, 0.4) is 0 Å². The number of nitrogens with one attached hydrogen (secondary N) is 1. The standard InChI is InChI=1S/C10H15ClN5O13P3/c11-15-8-5-9(13-2-12-8)16(3-14-5)10-7(18)6(17)4(27-10)1-26-31(22,23)29-32(24,25)28-30(19,20)21/h2-4,6-7,10,17-18H,1H2,(H,22,23)(H,24,25)(H,12,13,15)(H2,19,20,21)/t4-,6-,7-,10-/m1/s1. The monoisotopic (exact) mass is 541 g/mol. The van der Waals surface area contributed by atoms with E-state index in [9.17, 15) is 28.8 Å². The maximum atomic E-state index is 11.8. The third-order valence-corrected chi connectivity index (χ3v) is 7.86. The molecule has 2 unspecified atom stereocenters. The number of hydrogen-bond acceptors (Lipinski definition) is 13. The van der Waals surface area contributed by atoms with Gasteiger partial charge in [0.15, 0.2) is 23.2 Å². The Morgan fingerprint density at radius 3 is 2.38 bits per heavy atom. The molecule has 0 aromatic carbocycles. The van der Waals surface area contributed by atoms with Gasteiger partial charge in [-0.3, -0.25) is 13.9 Å². The van der Waals surface area contributed by atoms with Crippen LogP contribution in [-0.2, 0) is 31.6 Å². The Hall–Kier alpha value is -1.07. The SMILES string of the molecule is O=P(O)(O)OP(=O)(O)OP(=O)(O)OC[C@H]1O[C@@H](n2cnc3c(NCl)ncnc32)[C@H](O)[C@@H]1O. The first-order valence-electron chi connectivity index (χ1n) is 8.07. The molecule has 2 aromatic heterocycles. The number of ether oxygens (including phenoxy) is 1. The predicted octanol–water partition coefficient (Wildman–Crippen LogP) is -0.646. The smallest absolute Gasteiger partial charge is 0.387 e. The lowest BCUT2D eigenvalue weighted by Crippen LogP contribution is -2.33. The third-order valence-electron chi connectivity index (χ3n) is 3.88.